The van der Waals surface area contributed by atoms with Crippen molar-refractivity contribution < 1.29 is 15.3 Å². The molecule has 0 bridgehead atoms. The summed E-state index contributed by atoms with van der Waals surface area (Å²) in [7, 11) is 0. The third-order valence-electron chi connectivity index (χ3n) is 4.22. The summed E-state index contributed by atoms with van der Waals surface area (Å²) in [5, 5.41) is 30.7. The third-order valence-corrected chi connectivity index (χ3v) is 4.22. The molecule has 0 saturated carbocycles. The molecule has 6 heteroatoms. The lowest BCUT2D eigenvalue weighted by atomic mass is 10.0. The van der Waals surface area contributed by atoms with Gasteiger partial charge in [0.05, 0.1) is 10.9 Å². The molecule has 1 aromatic carbocycles. The van der Waals surface area contributed by atoms with Crippen molar-refractivity contribution in [2.24, 2.45) is 0 Å². The van der Waals surface area contributed by atoms with Crippen LogP contribution in [0.15, 0.2) is 47.4 Å². The highest BCUT2D eigenvalue weighted by Crippen LogP contribution is 2.20. The van der Waals surface area contributed by atoms with Gasteiger partial charge in [0.15, 0.2) is 5.65 Å². The molecule has 0 aliphatic heterocycles. The van der Waals surface area contributed by atoms with Crippen molar-refractivity contribution in [3.8, 4) is 0 Å². The van der Waals surface area contributed by atoms with Crippen molar-refractivity contribution in [2.45, 2.75) is 26.1 Å². The smallest absolute Gasteiger partial charge is 0.232 e. The molecule has 0 spiro atoms. The Kier molecular flexibility index (Phi) is 4.09. The van der Waals surface area contributed by atoms with Crippen LogP contribution in [0.5, 0.6) is 0 Å². The number of pyridine rings is 1. The second-order valence-corrected chi connectivity index (χ2v) is 5.72. The minimum atomic E-state index is -1.61. The van der Waals surface area contributed by atoms with Gasteiger partial charge in [-0.05, 0) is 25.5 Å². The molecule has 0 amide bonds. The van der Waals surface area contributed by atoms with Gasteiger partial charge in [-0.1, -0.05) is 30.3 Å². The number of aliphatic hydroxyl groups is 3. The molecule has 6 nitrogen and oxygen atoms in total. The summed E-state index contributed by atoms with van der Waals surface area (Å²) in [5.74, 6) is -0.572. The van der Waals surface area contributed by atoms with Gasteiger partial charge in [0, 0.05) is 11.9 Å². The van der Waals surface area contributed by atoms with Crippen LogP contribution in [0.3, 0.4) is 0 Å². The van der Waals surface area contributed by atoms with Crippen LogP contribution in [-0.4, -0.2) is 30.8 Å². The molecular formula is C18H18N2O4. The minimum absolute atomic E-state index is 0.0741. The van der Waals surface area contributed by atoms with Gasteiger partial charge < -0.3 is 19.7 Å². The molecule has 0 fully saturated rings. The van der Waals surface area contributed by atoms with Crippen LogP contribution >= 0.6 is 0 Å². The van der Waals surface area contributed by atoms with Crippen LogP contribution in [0, 0.1) is 13.8 Å². The first-order chi connectivity index (χ1) is 11.4. The van der Waals surface area contributed by atoms with Crippen molar-refractivity contribution in [1.82, 2.24) is 9.38 Å². The SMILES string of the molecule is Cc1nc2c(=O)c(=C(O)C(O)C(O)c3ccccc3)ccn2c1C. The topological polar surface area (TPSA) is 95.1 Å². The standard InChI is InChI=1S/C18H18N2O4/c1-10-11(2)20-9-8-13(16(23)18(20)19-10)15(22)17(24)14(21)12-6-4-3-5-7-12/h3-9,14,17,21-22,24H,1-2H3. The molecule has 3 rings (SSSR count). The minimum Gasteiger partial charge on any atom is -0.509 e. The van der Waals surface area contributed by atoms with Gasteiger partial charge in [-0.3, -0.25) is 4.79 Å². The lowest BCUT2D eigenvalue weighted by molar-refractivity contribution is 0.0390. The maximum atomic E-state index is 12.5. The fourth-order valence-corrected chi connectivity index (χ4v) is 2.66. The number of rotatable bonds is 3. The van der Waals surface area contributed by atoms with Crippen molar-refractivity contribution in [2.75, 3.05) is 0 Å². The normalized spacial score (nSPS) is 15.3. The first kappa shape index (κ1) is 16.2. The highest BCUT2D eigenvalue weighted by atomic mass is 16.4. The van der Waals surface area contributed by atoms with Gasteiger partial charge in [0.25, 0.3) is 0 Å². The van der Waals surface area contributed by atoms with Gasteiger partial charge in [0.1, 0.15) is 18.0 Å². The van der Waals surface area contributed by atoms with Crippen molar-refractivity contribution >= 4 is 11.4 Å². The van der Waals surface area contributed by atoms with Crippen LogP contribution in [-0.2, 0) is 0 Å². The first-order valence-electron chi connectivity index (χ1n) is 7.54. The molecule has 0 saturated heterocycles. The summed E-state index contributed by atoms with van der Waals surface area (Å²) in [4.78, 5) is 16.7. The summed E-state index contributed by atoms with van der Waals surface area (Å²) >= 11 is 0. The van der Waals surface area contributed by atoms with Crippen molar-refractivity contribution in [3.05, 3.63) is 75.0 Å². The number of imidazole rings is 1. The predicted molar refractivity (Wildman–Crippen MR) is 89.6 cm³/mol. The number of aryl methyl sites for hydroxylation is 2. The van der Waals surface area contributed by atoms with Gasteiger partial charge in [-0.15, -0.1) is 0 Å². The largest absolute Gasteiger partial charge is 0.509 e. The second kappa shape index (κ2) is 6.07. The zero-order valence-electron chi connectivity index (χ0n) is 13.3. The van der Waals surface area contributed by atoms with Gasteiger partial charge in [-0.25, -0.2) is 4.98 Å². The van der Waals surface area contributed by atoms with E-state index in [9.17, 15) is 20.1 Å². The molecule has 0 aliphatic rings. The van der Waals surface area contributed by atoms with E-state index in [1.165, 1.54) is 6.07 Å². The highest BCUT2D eigenvalue weighted by molar-refractivity contribution is 5.49. The molecule has 2 aromatic heterocycles. The molecule has 0 aliphatic carbocycles. The molecule has 2 heterocycles. The molecule has 2 atom stereocenters. The molecule has 2 unspecified atom stereocenters. The zero-order valence-corrected chi connectivity index (χ0v) is 13.3. The summed E-state index contributed by atoms with van der Waals surface area (Å²) in [5.41, 5.74) is 1.67. The Morgan fingerprint density at radius 2 is 1.79 bits per heavy atom. The Bertz CT molecular complexity index is 995. The van der Waals surface area contributed by atoms with Gasteiger partial charge in [0.2, 0.25) is 5.43 Å². The Morgan fingerprint density at radius 1 is 1.12 bits per heavy atom. The number of hydrogen-bond donors (Lipinski definition) is 3. The first-order valence-corrected chi connectivity index (χ1v) is 7.54. The van der Waals surface area contributed by atoms with Crippen molar-refractivity contribution in [3.63, 3.8) is 0 Å². The average Bonchev–Trinajstić information content (AvgIpc) is 2.90. The number of benzene rings is 1. The van der Waals surface area contributed by atoms with E-state index in [0.29, 0.717) is 11.3 Å². The predicted octanol–water partition coefficient (Wildman–Crippen LogP) is 0.791. The average molecular weight is 326 g/mol. The van der Waals surface area contributed by atoms with E-state index >= 15 is 0 Å². The van der Waals surface area contributed by atoms with E-state index in [1.807, 2.05) is 6.92 Å². The molecule has 24 heavy (non-hydrogen) atoms. The molecule has 124 valence electrons. The maximum Gasteiger partial charge on any atom is 0.232 e. The quantitative estimate of drug-likeness (QED) is 0.661. The van der Waals surface area contributed by atoms with E-state index in [4.69, 9.17) is 0 Å². The molecule has 0 radical (unpaired) electrons. The Hall–Kier alpha value is -2.70. The van der Waals surface area contributed by atoms with E-state index in [-0.39, 0.29) is 10.9 Å². The zero-order chi connectivity index (χ0) is 17.4. The molecular weight excluding hydrogens is 308 g/mol. The van der Waals surface area contributed by atoms with Crippen LogP contribution in [0.4, 0.5) is 0 Å². The number of aliphatic hydroxyl groups excluding tert-OH is 3. The van der Waals surface area contributed by atoms with Gasteiger partial charge in [-0.2, -0.15) is 0 Å². The van der Waals surface area contributed by atoms with Gasteiger partial charge >= 0.3 is 0 Å². The fourth-order valence-electron chi connectivity index (χ4n) is 2.66. The summed E-state index contributed by atoms with van der Waals surface area (Å²) < 4.78 is 1.63. The lowest BCUT2D eigenvalue weighted by Gasteiger charge is -2.17. The monoisotopic (exact) mass is 326 g/mol. The Labute approximate surface area is 138 Å². The van der Waals surface area contributed by atoms with E-state index in [2.05, 4.69) is 4.98 Å². The van der Waals surface area contributed by atoms with E-state index < -0.39 is 23.4 Å². The molecule has 3 N–H and O–H groups in total. The molecule has 3 aromatic rings. The maximum absolute atomic E-state index is 12.5. The Balaban J connectivity index is 2.13. The number of nitrogens with zero attached hydrogens (tertiary/aromatic N) is 2. The Morgan fingerprint density at radius 3 is 2.46 bits per heavy atom. The van der Waals surface area contributed by atoms with E-state index in [0.717, 1.165) is 5.69 Å². The number of aromatic nitrogens is 2. The highest BCUT2D eigenvalue weighted by Gasteiger charge is 2.23. The van der Waals surface area contributed by atoms with Crippen LogP contribution in [0.25, 0.3) is 11.4 Å². The fraction of sp³-hybridized carbons (Fsp3) is 0.222. The third kappa shape index (κ3) is 2.55. The van der Waals surface area contributed by atoms with Crippen LogP contribution in [0.2, 0.25) is 0 Å². The summed E-state index contributed by atoms with van der Waals surface area (Å²) in [6.45, 7) is 3.63. The van der Waals surface area contributed by atoms with Crippen molar-refractivity contribution in [1.29, 1.82) is 0 Å². The second-order valence-electron chi connectivity index (χ2n) is 5.72. The van der Waals surface area contributed by atoms with E-state index in [1.54, 1.807) is 47.9 Å². The lowest BCUT2D eigenvalue weighted by Crippen LogP contribution is -2.34. The van der Waals surface area contributed by atoms with Crippen LogP contribution in [0.1, 0.15) is 23.1 Å². The van der Waals surface area contributed by atoms with Crippen LogP contribution < -0.4 is 10.6 Å². The number of hydrogen-bond acceptors (Lipinski definition) is 5. The summed E-state index contributed by atoms with van der Waals surface area (Å²) in [6, 6.07) is 9.87. The summed E-state index contributed by atoms with van der Waals surface area (Å²) in [6.07, 6.45) is -1.34. The number of fused-ring (bicyclic) bond motifs is 1.